The van der Waals surface area contributed by atoms with Crippen molar-refractivity contribution in [1.29, 1.82) is 0 Å². The van der Waals surface area contributed by atoms with Gasteiger partial charge in [0.2, 0.25) is 17.7 Å². The van der Waals surface area contributed by atoms with Crippen LogP contribution in [0.25, 0.3) is 0 Å². The molecule has 1 unspecified atom stereocenters. The van der Waals surface area contributed by atoms with Crippen LogP contribution in [0, 0.1) is 5.92 Å². The van der Waals surface area contributed by atoms with E-state index >= 15 is 0 Å². The number of halogens is 1. The van der Waals surface area contributed by atoms with Crippen molar-refractivity contribution in [3.8, 4) is 0 Å². The van der Waals surface area contributed by atoms with Crippen LogP contribution in [0.2, 0.25) is 0 Å². The fourth-order valence-electron chi connectivity index (χ4n) is 4.54. The van der Waals surface area contributed by atoms with Crippen LogP contribution in [0.4, 0.5) is 5.95 Å². The van der Waals surface area contributed by atoms with E-state index in [1.54, 1.807) is 13.8 Å². The Morgan fingerprint density at radius 2 is 1.60 bits per heavy atom. The monoisotopic (exact) mass is 620 g/mol. The molecule has 0 bridgehead atoms. The molecule has 3 rings (SSSR count). The molecule has 0 spiro atoms. The van der Waals surface area contributed by atoms with Crippen molar-refractivity contribution in [1.82, 2.24) is 36.2 Å². The maximum atomic E-state index is 13.0. The van der Waals surface area contributed by atoms with Gasteiger partial charge in [-0.2, -0.15) is 4.80 Å². The van der Waals surface area contributed by atoms with Crippen molar-refractivity contribution < 1.29 is 29.1 Å². The third-order valence-electron chi connectivity index (χ3n) is 6.96. The van der Waals surface area contributed by atoms with Crippen molar-refractivity contribution in [2.75, 3.05) is 18.0 Å². The van der Waals surface area contributed by atoms with E-state index < -0.39 is 48.1 Å². The van der Waals surface area contributed by atoms with Crippen LogP contribution in [0.3, 0.4) is 0 Å². The Hall–Kier alpha value is -4.07. The van der Waals surface area contributed by atoms with Crippen LogP contribution >= 0.6 is 12.4 Å². The number of carboxylic acids is 1. The molecular weight excluding hydrogens is 580 g/mol. The number of benzene rings is 1. The van der Waals surface area contributed by atoms with Crippen LogP contribution in [0.15, 0.2) is 30.3 Å². The van der Waals surface area contributed by atoms with Gasteiger partial charge >= 0.3 is 5.97 Å². The summed E-state index contributed by atoms with van der Waals surface area (Å²) in [6.45, 7) is 6.13. The number of rotatable bonds is 15. The summed E-state index contributed by atoms with van der Waals surface area (Å²) in [7, 11) is 0. The number of ketones is 1. The van der Waals surface area contributed by atoms with Crippen molar-refractivity contribution in [2.45, 2.75) is 84.0 Å². The Morgan fingerprint density at radius 1 is 0.930 bits per heavy atom. The number of hydrogen-bond donors (Lipinski definition) is 4. The van der Waals surface area contributed by atoms with Gasteiger partial charge in [-0.25, -0.2) is 0 Å². The largest absolute Gasteiger partial charge is 0.481 e. The molecule has 14 nitrogen and oxygen atoms in total. The Kier molecular flexibility index (Phi) is 14.0. The molecule has 15 heteroatoms. The minimum Gasteiger partial charge on any atom is -0.481 e. The van der Waals surface area contributed by atoms with Gasteiger partial charge in [0.05, 0.1) is 6.42 Å². The zero-order valence-corrected chi connectivity index (χ0v) is 25.5. The second-order valence-electron chi connectivity index (χ2n) is 10.8. The van der Waals surface area contributed by atoms with Crippen molar-refractivity contribution in [3.05, 3.63) is 35.9 Å². The molecule has 1 aromatic carbocycles. The number of Topliss-reactive ketones (excluding diaryl/α,β-unsaturated/α-hetero) is 1. The molecule has 1 aliphatic heterocycles. The average Bonchev–Trinajstić information content (AvgIpc) is 3.43. The molecule has 0 saturated carbocycles. The Morgan fingerprint density at radius 3 is 2.23 bits per heavy atom. The highest BCUT2D eigenvalue weighted by Crippen LogP contribution is 2.14. The first-order valence-corrected chi connectivity index (χ1v) is 14.2. The quantitative estimate of drug-likeness (QED) is 0.223. The highest BCUT2D eigenvalue weighted by Gasteiger charge is 2.30. The first-order chi connectivity index (χ1) is 20.0. The van der Waals surface area contributed by atoms with E-state index in [1.807, 2.05) is 35.2 Å². The number of amides is 3. The summed E-state index contributed by atoms with van der Waals surface area (Å²) in [6.07, 6.45) is 3.18. The zero-order chi connectivity index (χ0) is 30.6. The van der Waals surface area contributed by atoms with Gasteiger partial charge in [0.1, 0.15) is 24.7 Å². The van der Waals surface area contributed by atoms with Gasteiger partial charge in [0, 0.05) is 19.5 Å². The predicted molar refractivity (Wildman–Crippen MR) is 159 cm³/mol. The lowest BCUT2D eigenvalue weighted by Gasteiger charge is -2.25. The number of carbonyl (C=O) groups is 5. The molecule has 3 atom stereocenters. The summed E-state index contributed by atoms with van der Waals surface area (Å²) >= 11 is 0. The molecule has 1 aromatic heterocycles. The van der Waals surface area contributed by atoms with Crippen LogP contribution < -0.4 is 20.9 Å². The second-order valence-corrected chi connectivity index (χ2v) is 10.8. The number of anilines is 1. The van der Waals surface area contributed by atoms with E-state index in [0.717, 1.165) is 42.7 Å². The number of tetrazole rings is 1. The van der Waals surface area contributed by atoms with Crippen LogP contribution in [0.5, 0.6) is 0 Å². The van der Waals surface area contributed by atoms with Crippen molar-refractivity contribution in [2.24, 2.45) is 5.92 Å². The Bertz CT molecular complexity index is 1230. The summed E-state index contributed by atoms with van der Waals surface area (Å²) in [4.78, 5) is 65.8. The van der Waals surface area contributed by atoms with E-state index in [9.17, 15) is 29.1 Å². The van der Waals surface area contributed by atoms with Crippen LogP contribution in [-0.4, -0.2) is 86.0 Å². The standard InChI is InChI=1S/C28H40N8O6.ClH/c1-18(2)25(31-23(38)13-12-20-10-6-4-7-11-20)27(42)29-19(3)26(41)30-21(16-24(39)40)22(37)17-36-33-28(32-34-36)35-14-8-5-9-15-35;/h4,6-7,10-11,18-19,21,25H,5,8-9,12-17H2,1-3H3,(H,29,42)(H,30,41)(H,31,38)(H,39,40);1H/t19-,21?,25-;/m0./s1. The van der Waals surface area contributed by atoms with Gasteiger partial charge in [0.25, 0.3) is 5.95 Å². The van der Waals surface area contributed by atoms with E-state index in [0.29, 0.717) is 12.4 Å². The molecule has 0 radical (unpaired) electrons. The number of hydrogen-bond acceptors (Lipinski definition) is 9. The third kappa shape index (κ3) is 11.3. The molecule has 4 N–H and O–H groups in total. The lowest BCUT2D eigenvalue weighted by Crippen LogP contribution is -2.56. The average molecular weight is 621 g/mol. The molecule has 1 saturated heterocycles. The summed E-state index contributed by atoms with van der Waals surface area (Å²) in [6, 6.07) is 6.10. The topological polar surface area (TPSA) is 189 Å². The molecule has 1 fully saturated rings. The first kappa shape index (κ1) is 35.1. The summed E-state index contributed by atoms with van der Waals surface area (Å²) in [5, 5.41) is 29.2. The van der Waals surface area contributed by atoms with Crippen molar-refractivity contribution >= 4 is 47.8 Å². The number of nitrogens with one attached hydrogen (secondary N) is 3. The van der Waals surface area contributed by atoms with E-state index in [4.69, 9.17) is 0 Å². The zero-order valence-electron chi connectivity index (χ0n) is 24.7. The van der Waals surface area contributed by atoms with E-state index in [-0.39, 0.29) is 37.2 Å². The smallest absolute Gasteiger partial charge is 0.305 e. The Labute approximate surface area is 256 Å². The highest BCUT2D eigenvalue weighted by molar-refractivity contribution is 5.95. The van der Waals surface area contributed by atoms with Gasteiger partial charge < -0.3 is 26.0 Å². The number of piperidine rings is 1. The van der Waals surface area contributed by atoms with Gasteiger partial charge in [-0.05, 0) is 49.3 Å². The third-order valence-corrected chi connectivity index (χ3v) is 6.96. The summed E-state index contributed by atoms with van der Waals surface area (Å²) in [5.74, 6) is -3.42. The summed E-state index contributed by atoms with van der Waals surface area (Å²) < 4.78 is 0. The first-order valence-electron chi connectivity index (χ1n) is 14.2. The number of carboxylic acid groups (broad SMARTS) is 1. The number of aromatic nitrogens is 4. The SMILES string of the molecule is CC(C)[C@H](NC(=O)CCc1ccccc1)C(=O)N[C@@H](C)C(=O)NC(CC(=O)O)C(=O)Cn1nnc(N2CCCCC2)n1.Cl. The number of carbonyl (C=O) groups excluding carboxylic acids is 4. The minimum absolute atomic E-state index is 0. The van der Waals surface area contributed by atoms with Crippen molar-refractivity contribution in [3.63, 3.8) is 0 Å². The molecule has 2 aromatic rings. The fourth-order valence-corrected chi connectivity index (χ4v) is 4.54. The molecule has 2 heterocycles. The number of aryl methyl sites for hydroxylation is 1. The predicted octanol–water partition coefficient (Wildman–Crippen LogP) is 0.892. The van der Waals surface area contributed by atoms with E-state index in [1.165, 1.54) is 6.92 Å². The maximum absolute atomic E-state index is 13.0. The second kappa shape index (κ2) is 17.1. The van der Waals surface area contributed by atoms with Crippen LogP contribution in [-0.2, 0) is 36.9 Å². The van der Waals surface area contributed by atoms with Crippen LogP contribution in [0.1, 0.15) is 58.4 Å². The summed E-state index contributed by atoms with van der Waals surface area (Å²) in [5.41, 5.74) is 0.996. The molecular formula is C28H41ClN8O6. The van der Waals surface area contributed by atoms with Gasteiger partial charge in [-0.15, -0.1) is 17.5 Å². The maximum Gasteiger partial charge on any atom is 0.305 e. The molecule has 3 amide bonds. The normalized spacial score (nSPS) is 15.0. The fraction of sp³-hybridized carbons (Fsp3) is 0.571. The molecule has 1 aliphatic rings. The molecule has 236 valence electrons. The highest BCUT2D eigenvalue weighted by atomic mass is 35.5. The minimum atomic E-state index is -1.38. The van der Waals surface area contributed by atoms with Gasteiger partial charge in [0.15, 0.2) is 5.78 Å². The Balaban J connectivity index is 0.00000645. The van der Waals surface area contributed by atoms with E-state index in [2.05, 4.69) is 31.4 Å². The van der Waals surface area contributed by atoms with Gasteiger partial charge in [-0.1, -0.05) is 49.3 Å². The lowest BCUT2D eigenvalue weighted by atomic mass is 10.0. The molecule has 0 aliphatic carbocycles. The number of aliphatic carboxylic acids is 1. The molecule has 43 heavy (non-hydrogen) atoms. The lowest BCUT2D eigenvalue weighted by molar-refractivity contribution is -0.140. The number of nitrogens with zero attached hydrogens (tertiary/aromatic N) is 5. The van der Waals surface area contributed by atoms with Gasteiger partial charge in [-0.3, -0.25) is 24.0 Å².